The minimum Gasteiger partial charge on any atom is -0.355 e. The first kappa shape index (κ1) is 19.0. The van der Waals surface area contributed by atoms with Crippen LogP contribution in [0.2, 0.25) is 0 Å². The van der Waals surface area contributed by atoms with E-state index in [2.05, 4.69) is 20.6 Å². The van der Waals surface area contributed by atoms with Gasteiger partial charge >= 0.3 is 0 Å². The van der Waals surface area contributed by atoms with E-state index in [1.54, 1.807) is 30.3 Å². The van der Waals surface area contributed by atoms with E-state index in [-0.39, 0.29) is 17.5 Å². The molecule has 0 aliphatic carbocycles. The van der Waals surface area contributed by atoms with Gasteiger partial charge in [-0.15, -0.1) is 0 Å². The highest BCUT2D eigenvalue weighted by atomic mass is 16.2. The van der Waals surface area contributed by atoms with Gasteiger partial charge in [0.05, 0.1) is 0 Å². The number of nitrogens with zero attached hydrogens (tertiary/aromatic N) is 3. The van der Waals surface area contributed by atoms with Crippen LogP contribution in [0.4, 0.5) is 17.2 Å². The first-order valence-corrected chi connectivity index (χ1v) is 8.77. The van der Waals surface area contributed by atoms with Crippen molar-refractivity contribution in [2.45, 2.75) is 13.5 Å². The van der Waals surface area contributed by atoms with Crippen molar-refractivity contribution in [1.29, 1.82) is 0 Å². The number of benzene rings is 2. The lowest BCUT2D eigenvalue weighted by Gasteiger charge is -2.18. The van der Waals surface area contributed by atoms with Crippen LogP contribution in [0.5, 0.6) is 0 Å². The highest BCUT2D eigenvalue weighted by Crippen LogP contribution is 2.17. The molecule has 28 heavy (non-hydrogen) atoms. The average molecular weight is 375 g/mol. The summed E-state index contributed by atoms with van der Waals surface area (Å²) in [6.07, 6.45) is 1.37. The summed E-state index contributed by atoms with van der Waals surface area (Å²) in [5.41, 5.74) is 2.57. The van der Waals surface area contributed by atoms with Gasteiger partial charge in [0.2, 0.25) is 5.91 Å². The second-order valence-electron chi connectivity index (χ2n) is 6.32. The van der Waals surface area contributed by atoms with Gasteiger partial charge in [0, 0.05) is 38.0 Å². The number of amides is 2. The van der Waals surface area contributed by atoms with Gasteiger partial charge in [-0.25, -0.2) is 9.97 Å². The highest BCUT2D eigenvalue weighted by Gasteiger charge is 2.12. The van der Waals surface area contributed by atoms with Crippen LogP contribution in [-0.4, -0.2) is 28.8 Å². The lowest BCUT2D eigenvalue weighted by molar-refractivity contribution is -0.114. The number of carbonyl (C=O) groups is 2. The van der Waals surface area contributed by atoms with Gasteiger partial charge in [-0.1, -0.05) is 36.4 Å². The Bertz CT molecular complexity index is 975. The van der Waals surface area contributed by atoms with E-state index in [0.29, 0.717) is 23.7 Å². The Hall–Kier alpha value is -3.74. The summed E-state index contributed by atoms with van der Waals surface area (Å²) < 4.78 is 0. The van der Waals surface area contributed by atoms with Crippen molar-refractivity contribution in [2.75, 3.05) is 22.6 Å². The van der Waals surface area contributed by atoms with E-state index in [9.17, 15) is 9.59 Å². The van der Waals surface area contributed by atoms with Crippen LogP contribution in [0.25, 0.3) is 0 Å². The van der Waals surface area contributed by atoms with Crippen LogP contribution < -0.4 is 15.5 Å². The molecule has 3 aromatic rings. The summed E-state index contributed by atoms with van der Waals surface area (Å²) in [6.45, 7) is 2.09. The van der Waals surface area contributed by atoms with Crippen molar-refractivity contribution in [3.63, 3.8) is 0 Å². The van der Waals surface area contributed by atoms with Crippen molar-refractivity contribution in [3.8, 4) is 0 Å². The van der Waals surface area contributed by atoms with Gasteiger partial charge < -0.3 is 15.5 Å². The zero-order valence-corrected chi connectivity index (χ0v) is 15.7. The quantitative estimate of drug-likeness (QED) is 0.690. The molecule has 0 atom stereocenters. The van der Waals surface area contributed by atoms with Gasteiger partial charge in [-0.3, -0.25) is 9.59 Å². The van der Waals surface area contributed by atoms with Crippen molar-refractivity contribution >= 4 is 29.0 Å². The Morgan fingerprint density at radius 3 is 2.36 bits per heavy atom. The van der Waals surface area contributed by atoms with Crippen molar-refractivity contribution in [3.05, 3.63) is 78.2 Å². The minimum absolute atomic E-state index is 0.176. The number of carbonyl (C=O) groups excluding carboxylic acids is 2. The highest BCUT2D eigenvalue weighted by molar-refractivity contribution is 6.03. The Morgan fingerprint density at radius 2 is 1.64 bits per heavy atom. The summed E-state index contributed by atoms with van der Waals surface area (Å²) in [4.78, 5) is 34.0. The monoisotopic (exact) mass is 375 g/mol. The van der Waals surface area contributed by atoms with E-state index >= 15 is 0 Å². The van der Waals surface area contributed by atoms with Gasteiger partial charge in [0.15, 0.2) is 0 Å². The molecule has 0 unspecified atom stereocenters. The van der Waals surface area contributed by atoms with E-state index < -0.39 is 0 Å². The predicted octanol–water partition coefficient (Wildman–Crippen LogP) is 3.32. The number of hydrogen-bond acceptors (Lipinski definition) is 5. The minimum atomic E-state index is -0.350. The maximum atomic E-state index is 12.6. The fourth-order valence-electron chi connectivity index (χ4n) is 2.69. The van der Waals surface area contributed by atoms with Crippen LogP contribution in [0.15, 0.2) is 67.0 Å². The molecule has 0 saturated heterocycles. The molecule has 0 aliphatic heterocycles. The van der Waals surface area contributed by atoms with E-state index in [4.69, 9.17) is 0 Å². The van der Waals surface area contributed by atoms with E-state index in [0.717, 1.165) is 5.56 Å². The number of rotatable bonds is 6. The SMILES string of the molecule is CC(=O)Nc1cccc(NC(=O)c2cc(N(C)Cc3ccccc3)ncn2)c1. The molecule has 0 radical (unpaired) electrons. The van der Waals surface area contributed by atoms with Crippen LogP contribution >= 0.6 is 0 Å². The fourth-order valence-corrected chi connectivity index (χ4v) is 2.69. The number of nitrogens with one attached hydrogen (secondary N) is 2. The summed E-state index contributed by atoms with van der Waals surface area (Å²) in [6, 6.07) is 18.6. The van der Waals surface area contributed by atoms with Crippen LogP contribution in [0, 0.1) is 0 Å². The van der Waals surface area contributed by atoms with Crippen molar-refractivity contribution < 1.29 is 9.59 Å². The predicted molar refractivity (Wildman–Crippen MR) is 109 cm³/mol. The average Bonchev–Trinajstić information content (AvgIpc) is 2.68. The largest absolute Gasteiger partial charge is 0.355 e. The molecule has 0 aliphatic rings. The van der Waals surface area contributed by atoms with Gasteiger partial charge in [-0.05, 0) is 23.8 Å². The number of hydrogen-bond donors (Lipinski definition) is 2. The van der Waals surface area contributed by atoms with Crippen molar-refractivity contribution in [1.82, 2.24) is 9.97 Å². The third-order valence-corrected chi connectivity index (χ3v) is 3.98. The lowest BCUT2D eigenvalue weighted by atomic mass is 10.2. The molecular formula is C21H21N5O2. The Morgan fingerprint density at radius 1 is 0.929 bits per heavy atom. The molecule has 0 bridgehead atoms. The molecule has 0 spiro atoms. The Labute approximate surface area is 163 Å². The fraction of sp³-hybridized carbons (Fsp3) is 0.143. The zero-order chi connectivity index (χ0) is 19.9. The normalized spacial score (nSPS) is 10.2. The van der Waals surface area contributed by atoms with E-state index in [1.165, 1.54) is 13.3 Å². The van der Waals surface area contributed by atoms with Gasteiger partial charge in [0.1, 0.15) is 17.8 Å². The molecule has 2 aromatic carbocycles. The second-order valence-corrected chi connectivity index (χ2v) is 6.32. The number of anilines is 3. The maximum absolute atomic E-state index is 12.6. The first-order chi connectivity index (χ1) is 13.5. The molecule has 1 heterocycles. The Balaban J connectivity index is 1.71. The van der Waals surface area contributed by atoms with Gasteiger partial charge in [0.25, 0.3) is 5.91 Å². The standard InChI is InChI=1S/C21H21N5O2/c1-15(27)24-17-9-6-10-18(11-17)25-21(28)19-12-20(23-14-22-19)26(2)13-16-7-4-3-5-8-16/h3-12,14H,13H2,1-2H3,(H,24,27)(H,25,28). The lowest BCUT2D eigenvalue weighted by Crippen LogP contribution is -2.20. The van der Waals surface area contributed by atoms with Crippen LogP contribution in [-0.2, 0) is 11.3 Å². The molecule has 7 heteroatoms. The molecule has 0 saturated carbocycles. The molecule has 1 aromatic heterocycles. The number of aromatic nitrogens is 2. The maximum Gasteiger partial charge on any atom is 0.274 e. The topological polar surface area (TPSA) is 87.2 Å². The summed E-state index contributed by atoms with van der Waals surface area (Å²) >= 11 is 0. The summed E-state index contributed by atoms with van der Waals surface area (Å²) in [5.74, 6) is 0.123. The first-order valence-electron chi connectivity index (χ1n) is 8.77. The van der Waals surface area contributed by atoms with Crippen LogP contribution in [0.3, 0.4) is 0 Å². The zero-order valence-electron chi connectivity index (χ0n) is 15.7. The Kier molecular flexibility index (Phi) is 5.96. The van der Waals surface area contributed by atoms with E-state index in [1.807, 2.05) is 42.3 Å². The third kappa shape index (κ3) is 5.14. The molecule has 2 N–H and O–H groups in total. The molecular weight excluding hydrogens is 354 g/mol. The van der Waals surface area contributed by atoms with Crippen LogP contribution in [0.1, 0.15) is 23.0 Å². The molecule has 7 nitrogen and oxygen atoms in total. The van der Waals surface area contributed by atoms with Crippen molar-refractivity contribution in [2.24, 2.45) is 0 Å². The third-order valence-electron chi connectivity index (χ3n) is 3.98. The molecule has 142 valence electrons. The smallest absolute Gasteiger partial charge is 0.274 e. The molecule has 0 fully saturated rings. The molecule has 2 amide bonds. The van der Waals surface area contributed by atoms with Gasteiger partial charge in [-0.2, -0.15) is 0 Å². The second kappa shape index (κ2) is 8.77. The molecule has 3 rings (SSSR count). The summed E-state index contributed by atoms with van der Waals surface area (Å²) in [7, 11) is 1.91. The summed E-state index contributed by atoms with van der Waals surface area (Å²) in [5, 5.41) is 5.47.